The van der Waals surface area contributed by atoms with E-state index in [2.05, 4.69) is 71.2 Å². The van der Waals surface area contributed by atoms with Crippen molar-refractivity contribution in [1.82, 2.24) is 9.88 Å². The van der Waals surface area contributed by atoms with Gasteiger partial charge in [-0.25, -0.2) is 4.98 Å². The number of nitrogens with two attached hydrogens (primary N) is 1. The van der Waals surface area contributed by atoms with E-state index in [9.17, 15) is 0 Å². The summed E-state index contributed by atoms with van der Waals surface area (Å²) < 4.78 is 0. The van der Waals surface area contributed by atoms with E-state index in [4.69, 9.17) is 5.73 Å². The summed E-state index contributed by atoms with van der Waals surface area (Å²) in [5.74, 6) is 0.749. The molecule has 29 heavy (non-hydrogen) atoms. The summed E-state index contributed by atoms with van der Waals surface area (Å²) >= 11 is 0. The lowest BCUT2D eigenvalue weighted by Gasteiger charge is -2.13. The molecule has 3 N–H and O–H groups in total. The van der Waals surface area contributed by atoms with Crippen LogP contribution in [0.5, 0.6) is 0 Å². The quantitative estimate of drug-likeness (QED) is 0.592. The zero-order valence-corrected chi connectivity index (χ0v) is 17.2. The number of benzene rings is 2. The molecule has 1 aromatic heterocycles. The van der Waals surface area contributed by atoms with Crippen LogP contribution < -0.4 is 11.1 Å². The fourth-order valence-electron chi connectivity index (χ4n) is 3.15. The van der Waals surface area contributed by atoms with Crippen molar-refractivity contribution in [2.45, 2.75) is 6.54 Å². The Morgan fingerprint density at radius 3 is 2.48 bits per heavy atom. The van der Waals surface area contributed by atoms with Crippen LogP contribution in [0.15, 0.2) is 72.5 Å². The number of aliphatic imine (C=N–C) groups is 1. The molecule has 0 fully saturated rings. The van der Waals surface area contributed by atoms with Gasteiger partial charge in [0.25, 0.3) is 0 Å². The van der Waals surface area contributed by atoms with Crippen LogP contribution in [0.1, 0.15) is 16.7 Å². The molecule has 0 aliphatic carbocycles. The molecule has 0 aliphatic rings. The normalized spacial score (nSPS) is 12.1. The van der Waals surface area contributed by atoms with E-state index in [1.807, 2.05) is 24.4 Å². The smallest absolute Gasteiger partial charge is 0.130 e. The largest absolute Gasteiger partial charge is 0.404 e. The van der Waals surface area contributed by atoms with Gasteiger partial charge in [-0.2, -0.15) is 0 Å². The van der Waals surface area contributed by atoms with Crippen molar-refractivity contribution >= 4 is 34.1 Å². The van der Waals surface area contributed by atoms with E-state index in [1.165, 1.54) is 5.56 Å². The van der Waals surface area contributed by atoms with E-state index < -0.39 is 0 Å². The molecule has 148 valence electrons. The summed E-state index contributed by atoms with van der Waals surface area (Å²) in [4.78, 5) is 10.7. The molecule has 0 amide bonds. The highest BCUT2D eigenvalue weighted by Gasteiger charge is 2.05. The second-order valence-corrected chi connectivity index (χ2v) is 7.18. The topological polar surface area (TPSA) is 66.5 Å². The minimum Gasteiger partial charge on any atom is -0.404 e. The molecule has 0 spiro atoms. The van der Waals surface area contributed by atoms with Gasteiger partial charge in [-0.05, 0) is 48.3 Å². The molecule has 3 rings (SSSR count). The fraction of sp³-hybridized carbons (Fsp3) is 0.167. The maximum Gasteiger partial charge on any atom is 0.130 e. The van der Waals surface area contributed by atoms with Gasteiger partial charge in [-0.1, -0.05) is 43.0 Å². The Bertz CT molecular complexity index is 1060. The first-order chi connectivity index (χ1) is 14.0. The van der Waals surface area contributed by atoms with Crippen molar-refractivity contribution in [3.8, 4) is 0 Å². The zero-order valence-electron chi connectivity index (χ0n) is 17.2. The monoisotopic (exact) mass is 385 g/mol. The molecule has 0 saturated carbocycles. The number of hydrogen-bond acceptors (Lipinski definition) is 5. The summed E-state index contributed by atoms with van der Waals surface area (Å²) in [6, 6.07) is 16.6. The zero-order chi connectivity index (χ0) is 20.8. The van der Waals surface area contributed by atoms with Crippen LogP contribution >= 0.6 is 0 Å². The van der Waals surface area contributed by atoms with Gasteiger partial charge in [0.05, 0.1) is 0 Å². The van der Waals surface area contributed by atoms with Gasteiger partial charge >= 0.3 is 0 Å². The third kappa shape index (κ3) is 5.09. The summed E-state index contributed by atoms with van der Waals surface area (Å²) in [5, 5.41) is 5.44. The number of anilines is 1. The maximum absolute atomic E-state index is 5.74. The molecule has 0 bridgehead atoms. The second-order valence-electron chi connectivity index (χ2n) is 7.18. The van der Waals surface area contributed by atoms with E-state index in [-0.39, 0.29) is 0 Å². The summed E-state index contributed by atoms with van der Waals surface area (Å²) in [6.07, 6.45) is 5.17. The van der Waals surface area contributed by atoms with Crippen molar-refractivity contribution in [1.29, 1.82) is 0 Å². The molecule has 3 aromatic rings. The number of allylic oxidation sites excluding steroid dienone is 1. The van der Waals surface area contributed by atoms with Crippen LogP contribution in [0.4, 0.5) is 5.82 Å². The number of rotatable bonds is 7. The van der Waals surface area contributed by atoms with Crippen LogP contribution in [-0.2, 0) is 6.54 Å². The fourth-order valence-corrected chi connectivity index (χ4v) is 3.15. The second kappa shape index (κ2) is 9.17. The molecule has 0 unspecified atom stereocenters. The van der Waals surface area contributed by atoms with Crippen LogP contribution in [0, 0.1) is 0 Å². The summed E-state index contributed by atoms with van der Waals surface area (Å²) in [7, 11) is 5.86. The first-order valence-electron chi connectivity index (χ1n) is 9.44. The standard InChI is InChI=1S/C24H27N5/c1-17(19-7-5-18(6-8-19)16-29(3)4)28-24-12-22-11-20(23(13-25)14-26-2)9-10-21(22)15-27-24/h5-15H,1,16,25H2,2-4H3,(H,27,28)/b23-13+,26-14?. The Balaban J connectivity index is 1.81. The van der Waals surface area contributed by atoms with E-state index >= 15 is 0 Å². The van der Waals surface area contributed by atoms with E-state index in [0.717, 1.165) is 45.5 Å². The molecule has 1 heterocycles. The predicted octanol–water partition coefficient (Wildman–Crippen LogP) is 4.38. The van der Waals surface area contributed by atoms with Gasteiger partial charge in [-0.3, -0.25) is 4.99 Å². The molecular weight excluding hydrogens is 358 g/mol. The number of nitrogens with zero attached hydrogens (tertiary/aromatic N) is 3. The predicted molar refractivity (Wildman–Crippen MR) is 125 cm³/mol. The lowest BCUT2D eigenvalue weighted by Crippen LogP contribution is -2.10. The number of hydrogen-bond donors (Lipinski definition) is 2. The highest BCUT2D eigenvalue weighted by Crippen LogP contribution is 2.24. The first-order valence-corrected chi connectivity index (χ1v) is 9.44. The summed E-state index contributed by atoms with van der Waals surface area (Å²) in [5.41, 5.74) is 10.7. The van der Waals surface area contributed by atoms with Crippen LogP contribution in [0.2, 0.25) is 0 Å². The molecule has 0 aliphatic heterocycles. The molecule has 0 atom stereocenters. The van der Waals surface area contributed by atoms with Crippen molar-refractivity contribution in [2.24, 2.45) is 10.7 Å². The third-order valence-electron chi connectivity index (χ3n) is 4.58. The highest BCUT2D eigenvalue weighted by atomic mass is 15.0. The molecule has 0 saturated heterocycles. The molecular formula is C24H27N5. The molecule has 0 radical (unpaired) electrons. The lowest BCUT2D eigenvalue weighted by atomic mass is 10.0. The van der Waals surface area contributed by atoms with Crippen molar-refractivity contribution in [3.63, 3.8) is 0 Å². The highest BCUT2D eigenvalue weighted by molar-refractivity contribution is 6.10. The Hall–Kier alpha value is -3.44. The molecule has 5 heteroatoms. The van der Waals surface area contributed by atoms with E-state index in [0.29, 0.717) is 0 Å². The van der Waals surface area contributed by atoms with Gasteiger partial charge < -0.3 is 16.0 Å². The number of nitrogens with one attached hydrogen (secondary N) is 1. The average molecular weight is 386 g/mol. The minimum atomic E-state index is 0.749. The van der Waals surface area contributed by atoms with E-state index in [1.54, 1.807) is 19.5 Å². The molecule has 5 nitrogen and oxygen atoms in total. The van der Waals surface area contributed by atoms with Crippen LogP contribution in [0.25, 0.3) is 22.0 Å². The minimum absolute atomic E-state index is 0.749. The molecule has 2 aromatic carbocycles. The Kier molecular flexibility index (Phi) is 6.42. The van der Waals surface area contributed by atoms with Gasteiger partial charge in [0.15, 0.2) is 0 Å². The Morgan fingerprint density at radius 2 is 1.83 bits per heavy atom. The lowest BCUT2D eigenvalue weighted by molar-refractivity contribution is 0.402. The van der Waals surface area contributed by atoms with Crippen molar-refractivity contribution < 1.29 is 0 Å². The van der Waals surface area contributed by atoms with Gasteiger partial charge in [0.2, 0.25) is 0 Å². The maximum atomic E-state index is 5.74. The van der Waals surface area contributed by atoms with Crippen LogP contribution in [0.3, 0.4) is 0 Å². The number of pyridine rings is 1. The van der Waals surface area contributed by atoms with Crippen LogP contribution in [-0.4, -0.2) is 37.2 Å². The van der Waals surface area contributed by atoms with Crippen molar-refractivity contribution in [2.75, 3.05) is 26.5 Å². The van der Waals surface area contributed by atoms with Gasteiger partial charge in [0.1, 0.15) is 5.82 Å². The van der Waals surface area contributed by atoms with Crippen molar-refractivity contribution in [3.05, 3.63) is 84.2 Å². The summed E-state index contributed by atoms with van der Waals surface area (Å²) in [6.45, 7) is 5.08. The Labute approximate surface area is 172 Å². The first kappa shape index (κ1) is 20.3. The third-order valence-corrected chi connectivity index (χ3v) is 4.58. The number of aromatic nitrogens is 1. The number of fused-ring (bicyclic) bond motifs is 1. The van der Waals surface area contributed by atoms with Gasteiger partial charge in [0, 0.05) is 48.9 Å². The SMILES string of the molecule is C=C(Nc1cc2cc(/C(C=NC)=C/N)ccc2cn1)c1ccc(CN(C)C)cc1. The average Bonchev–Trinajstić information content (AvgIpc) is 2.71. The van der Waals surface area contributed by atoms with Gasteiger partial charge in [-0.15, -0.1) is 0 Å². The Morgan fingerprint density at radius 1 is 1.10 bits per heavy atom.